The highest BCUT2D eigenvalue weighted by atomic mass is 16.5. The molecule has 1 atom stereocenters. The number of benzene rings is 1. The molecule has 0 radical (unpaired) electrons. The molecule has 1 amide bonds. The van der Waals surface area contributed by atoms with E-state index in [1.165, 1.54) is 57.8 Å². The van der Waals surface area contributed by atoms with Gasteiger partial charge < -0.3 is 10.1 Å². The van der Waals surface area contributed by atoms with Gasteiger partial charge in [-0.25, -0.2) is 0 Å². The third-order valence-corrected chi connectivity index (χ3v) is 5.49. The van der Waals surface area contributed by atoms with Crippen LogP contribution < -0.4 is 10.1 Å². The normalized spacial score (nSPS) is 16.3. The van der Waals surface area contributed by atoms with Crippen molar-refractivity contribution >= 4 is 11.7 Å². The molecular weight excluding hydrogens is 350 g/mol. The highest BCUT2D eigenvalue weighted by molar-refractivity contribution is 5.98. The van der Waals surface area contributed by atoms with Crippen LogP contribution in [-0.2, 0) is 4.79 Å². The van der Waals surface area contributed by atoms with Gasteiger partial charge in [0.1, 0.15) is 5.75 Å². The smallest absolute Gasteiger partial charge is 0.251 e. The van der Waals surface area contributed by atoms with Crippen LogP contribution in [0.2, 0.25) is 0 Å². The van der Waals surface area contributed by atoms with Gasteiger partial charge in [-0.1, -0.05) is 64.7 Å². The zero-order valence-electron chi connectivity index (χ0n) is 17.5. The van der Waals surface area contributed by atoms with Gasteiger partial charge in [0, 0.05) is 12.0 Å². The Morgan fingerprint density at radius 3 is 2.14 bits per heavy atom. The molecule has 1 N–H and O–H groups in total. The molecular formula is C24H37NO3. The van der Waals surface area contributed by atoms with Gasteiger partial charge in [-0.2, -0.15) is 0 Å². The van der Waals surface area contributed by atoms with Crippen LogP contribution in [-0.4, -0.2) is 24.3 Å². The molecule has 0 bridgehead atoms. The summed E-state index contributed by atoms with van der Waals surface area (Å²) in [4.78, 5) is 23.9. The van der Waals surface area contributed by atoms with Gasteiger partial charge >= 0.3 is 0 Å². The van der Waals surface area contributed by atoms with E-state index in [0.717, 1.165) is 31.6 Å². The van der Waals surface area contributed by atoms with E-state index in [0.29, 0.717) is 12.0 Å². The molecule has 4 heteroatoms. The topological polar surface area (TPSA) is 55.4 Å². The van der Waals surface area contributed by atoms with Crippen molar-refractivity contribution in [3.63, 3.8) is 0 Å². The molecule has 28 heavy (non-hydrogen) atoms. The summed E-state index contributed by atoms with van der Waals surface area (Å²) in [6, 6.07) is 6.90. The molecule has 0 spiro atoms. The number of Topliss-reactive ketones (excluding diaryl/α,β-unsaturated/α-hetero) is 1. The molecule has 0 aromatic heterocycles. The van der Waals surface area contributed by atoms with Gasteiger partial charge in [-0.05, 0) is 43.5 Å². The molecule has 0 heterocycles. The number of ether oxygens (including phenoxy) is 1. The lowest BCUT2D eigenvalue weighted by Gasteiger charge is -2.11. The summed E-state index contributed by atoms with van der Waals surface area (Å²) in [7, 11) is 0. The van der Waals surface area contributed by atoms with Crippen LogP contribution in [0.3, 0.4) is 0 Å². The fraction of sp³-hybridized carbons (Fsp3) is 0.667. The number of rotatable bonds is 14. The summed E-state index contributed by atoms with van der Waals surface area (Å²) < 4.78 is 5.78. The van der Waals surface area contributed by atoms with Gasteiger partial charge in [0.2, 0.25) is 0 Å². The Morgan fingerprint density at radius 2 is 1.57 bits per heavy atom. The first kappa shape index (κ1) is 22.4. The molecule has 2 rings (SSSR count). The fourth-order valence-electron chi connectivity index (χ4n) is 3.69. The monoisotopic (exact) mass is 387 g/mol. The third-order valence-electron chi connectivity index (χ3n) is 5.49. The maximum Gasteiger partial charge on any atom is 0.251 e. The summed E-state index contributed by atoms with van der Waals surface area (Å²) in [6.45, 7) is 2.98. The molecule has 4 nitrogen and oxygen atoms in total. The van der Waals surface area contributed by atoms with Gasteiger partial charge in [-0.15, -0.1) is 0 Å². The van der Waals surface area contributed by atoms with E-state index in [1.54, 1.807) is 12.1 Å². The summed E-state index contributed by atoms with van der Waals surface area (Å²) in [5.41, 5.74) is 0.575. The quantitative estimate of drug-likeness (QED) is 0.408. The van der Waals surface area contributed by atoms with Crippen molar-refractivity contribution in [3.8, 4) is 5.75 Å². The second kappa shape index (κ2) is 13.4. The van der Waals surface area contributed by atoms with Crippen molar-refractivity contribution in [3.05, 3.63) is 29.8 Å². The van der Waals surface area contributed by atoms with Crippen LogP contribution in [0.5, 0.6) is 5.75 Å². The van der Waals surface area contributed by atoms with E-state index in [-0.39, 0.29) is 17.7 Å². The van der Waals surface area contributed by atoms with Gasteiger partial charge in [0.15, 0.2) is 5.78 Å². The van der Waals surface area contributed by atoms with Crippen molar-refractivity contribution < 1.29 is 14.3 Å². The Kier molecular flexibility index (Phi) is 10.7. The van der Waals surface area contributed by atoms with E-state index in [1.807, 2.05) is 12.1 Å². The Bertz CT molecular complexity index is 582. The molecule has 1 aliphatic carbocycles. The van der Waals surface area contributed by atoms with E-state index in [2.05, 4.69) is 12.2 Å². The summed E-state index contributed by atoms with van der Waals surface area (Å²) in [5.74, 6) is 0.760. The molecule has 1 unspecified atom stereocenters. The molecule has 156 valence electrons. The number of ketones is 1. The summed E-state index contributed by atoms with van der Waals surface area (Å²) >= 11 is 0. The second-order valence-electron chi connectivity index (χ2n) is 7.94. The highest BCUT2D eigenvalue weighted by Crippen LogP contribution is 2.17. The molecule has 0 saturated heterocycles. The molecule has 1 aromatic carbocycles. The summed E-state index contributed by atoms with van der Waals surface area (Å²) in [5, 5.41) is 2.83. The van der Waals surface area contributed by atoms with E-state index in [4.69, 9.17) is 4.74 Å². The third kappa shape index (κ3) is 8.45. The van der Waals surface area contributed by atoms with Gasteiger partial charge in [0.05, 0.1) is 12.6 Å². The van der Waals surface area contributed by atoms with E-state index in [9.17, 15) is 9.59 Å². The van der Waals surface area contributed by atoms with Crippen molar-refractivity contribution in [2.75, 3.05) is 6.61 Å². The van der Waals surface area contributed by atoms with Crippen molar-refractivity contribution in [1.82, 2.24) is 5.32 Å². The predicted octanol–water partition coefficient (Wildman–Crippen LogP) is 5.84. The number of nitrogens with one attached hydrogen (secondary N) is 1. The highest BCUT2D eigenvalue weighted by Gasteiger charge is 2.26. The van der Waals surface area contributed by atoms with E-state index >= 15 is 0 Å². The van der Waals surface area contributed by atoms with Gasteiger partial charge in [-0.3, -0.25) is 9.59 Å². The first-order valence-electron chi connectivity index (χ1n) is 11.3. The largest absolute Gasteiger partial charge is 0.494 e. The minimum Gasteiger partial charge on any atom is -0.494 e. The average Bonchev–Trinajstić information content (AvgIpc) is 3.11. The number of hydrogen-bond donors (Lipinski definition) is 1. The Labute approximate surface area is 170 Å². The van der Waals surface area contributed by atoms with Crippen molar-refractivity contribution in [2.24, 2.45) is 0 Å². The van der Waals surface area contributed by atoms with Crippen LogP contribution in [0.15, 0.2) is 24.3 Å². The molecule has 0 aliphatic heterocycles. The van der Waals surface area contributed by atoms with Crippen LogP contribution in [0.4, 0.5) is 0 Å². The average molecular weight is 388 g/mol. The van der Waals surface area contributed by atoms with Crippen LogP contribution in [0, 0.1) is 0 Å². The second-order valence-corrected chi connectivity index (χ2v) is 7.94. The maximum absolute atomic E-state index is 12.2. The first-order valence-corrected chi connectivity index (χ1v) is 11.3. The van der Waals surface area contributed by atoms with Crippen LogP contribution in [0.1, 0.15) is 101 Å². The fourth-order valence-corrected chi connectivity index (χ4v) is 3.69. The number of carbonyl (C=O) groups excluding carboxylic acids is 2. The predicted molar refractivity (Wildman–Crippen MR) is 114 cm³/mol. The SMILES string of the molecule is CCCCCCCCCCCCOc1ccc(C(=O)NC2CCCC2=O)cc1. The van der Waals surface area contributed by atoms with Crippen molar-refractivity contribution in [1.29, 1.82) is 0 Å². The van der Waals surface area contributed by atoms with Crippen molar-refractivity contribution in [2.45, 2.75) is 96.4 Å². The maximum atomic E-state index is 12.2. The lowest BCUT2D eigenvalue weighted by atomic mass is 10.1. The Morgan fingerprint density at radius 1 is 0.964 bits per heavy atom. The number of hydrogen-bond acceptors (Lipinski definition) is 3. The molecule has 1 aromatic rings. The standard InChI is InChI=1S/C24H37NO3/c1-2-3-4-5-6-7-8-9-10-11-19-28-21-17-15-20(16-18-21)24(27)25-22-13-12-14-23(22)26/h15-18,22H,2-14,19H2,1H3,(H,25,27). The number of amides is 1. The zero-order valence-corrected chi connectivity index (χ0v) is 17.5. The Balaban J connectivity index is 1.53. The molecule has 1 saturated carbocycles. The lowest BCUT2D eigenvalue weighted by Crippen LogP contribution is -2.37. The number of carbonyl (C=O) groups is 2. The lowest BCUT2D eigenvalue weighted by molar-refractivity contribution is -0.118. The minimum absolute atomic E-state index is 0.143. The minimum atomic E-state index is -0.306. The molecule has 1 fully saturated rings. The first-order chi connectivity index (χ1) is 13.7. The molecule has 1 aliphatic rings. The summed E-state index contributed by atoms with van der Waals surface area (Å²) in [6.07, 6.45) is 15.3. The zero-order chi connectivity index (χ0) is 20.0. The number of unbranched alkanes of at least 4 members (excludes halogenated alkanes) is 9. The van der Waals surface area contributed by atoms with Gasteiger partial charge in [0.25, 0.3) is 5.91 Å². The van der Waals surface area contributed by atoms with Crippen LogP contribution in [0.25, 0.3) is 0 Å². The Hall–Kier alpha value is -1.84. The van der Waals surface area contributed by atoms with Crippen LogP contribution >= 0.6 is 0 Å². The van der Waals surface area contributed by atoms with E-state index < -0.39 is 0 Å².